The van der Waals surface area contributed by atoms with Gasteiger partial charge in [0.25, 0.3) is 0 Å². The van der Waals surface area contributed by atoms with Crippen LogP contribution in [0.5, 0.6) is 17.2 Å². The van der Waals surface area contributed by atoms with E-state index in [0.29, 0.717) is 30.5 Å². The molecule has 0 amide bonds. The molecule has 0 atom stereocenters. The molecule has 0 radical (unpaired) electrons. The number of guanidine groups is 1. The van der Waals surface area contributed by atoms with Crippen LogP contribution < -0.4 is 20.1 Å². The molecule has 0 aliphatic carbocycles. The maximum Gasteiger partial charge on any atom is 0.191 e. The molecule has 2 aromatic heterocycles. The summed E-state index contributed by atoms with van der Waals surface area (Å²) in [5.74, 6) is 3.62. The van der Waals surface area contributed by atoms with Crippen LogP contribution in [0.15, 0.2) is 77.9 Å². The highest BCUT2D eigenvalue weighted by atomic mass is 16.5. The van der Waals surface area contributed by atoms with Gasteiger partial charge in [-0.25, -0.2) is 0 Å². The van der Waals surface area contributed by atoms with Gasteiger partial charge < -0.3 is 20.1 Å². The molecule has 0 bridgehead atoms. The van der Waals surface area contributed by atoms with Crippen molar-refractivity contribution in [1.29, 1.82) is 0 Å². The third-order valence-corrected chi connectivity index (χ3v) is 4.70. The molecule has 31 heavy (non-hydrogen) atoms. The van der Waals surface area contributed by atoms with E-state index in [2.05, 4.69) is 25.8 Å². The fourth-order valence-electron chi connectivity index (χ4n) is 3.09. The average molecular weight is 416 g/mol. The third kappa shape index (κ3) is 4.92. The monoisotopic (exact) mass is 416 g/mol. The van der Waals surface area contributed by atoms with Crippen LogP contribution in [0.4, 0.5) is 0 Å². The number of hydrogen-bond donors (Lipinski definition) is 2. The zero-order chi connectivity index (χ0) is 21.5. The van der Waals surface area contributed by atoms with Crippen molar-refractivity contribution in [2.75, 3.05) is 14.2 Å². The molecule has 4 rings (SSSR count). The van der Waals surface area contributed by atoms with Gasteiger partial charge in [-0.3, -0.25) is 9.39 Å². The van der Waals surface area contributed by atoms with Crippen LogP contribution in [-0.2, 0) is 13.1 Å². The first-order chi connectivity index (χ1) is 15.3. The Bertz CT molecular complexity index is 1170. The molecule has 0 fully saturated rings. The van der Waals surface area contributed by atoms with Gasteiger partial charge in [-0.05, 0) is 42.0 Å². The number of nitrogens with zero attached hydrogens (tertiary/aromatic N) is 4. The highest BCUT2D eigenvalue weighted by molar-refractivity contribution is 5.79. The smallest absolute Gasteiger partial charge is 0.191 e. The minimum absolute atomic E-state index is 0.510. The minimum Gasteiger partial charge on any atom is -0.493 e. The SMILES string of the molecule is CN=C(NCc1ccc(Oc2ccccc2OC)cc1)NCc1nnc2ccccn12. The zero-order valence-electron chi connectivity index (χ0n) is 17.4. The first-order valence-electron chi connectivity index (χ1n) is 9.90. The van der Waals surface area contributed by atoms with E-state index in [0.717, 1.165) is 22.8 Å². The number of para-hydroxylation sites is 2. The number of ether oxygens (including phenoxy) is 2. The molecule has 4 aromatic rings. The summed E-state index contributed by atoms with van der Waals surface area (Å²) < 4.78 is 13.2. The molecule has 0 aliphatic rings. The quantitative estimate of drug-likeness (QED) is 0.355. The Morgan fingerprint density at radius 2 is 1.65 bits per heavy atom. The summed E-state index contributed by atoms with van der Waals surface area (Å²) in [6.45, 7) is 1.13. The van der Waals surface area contributed by atoms with Crippen molar-refractivity contribution in [3.8, 4) is 17.2 Å². The van der Waals surface area contributed by atoms with Crippen LogP contribution in [0, 0.1) is 0 Å². The predicted molar refractivity (Wildman–Crippen MR) is 120 cm³/mol. The van der Waals surface area contributed by atoms with Crippen molar-refractivity contribution in [2.24, 2.45) is 4.99 Å². The van der Waals surface area contributed by atoms with Crippen molar-refractivity contribution in [1.82, 2.24) is 25.2 Å². The molecule has 0 aliphatic heterocycles. The number of methoxy groups -OCH3 is 1. The van der Waals surface area contributed by atoms with E-state index >= 15 is 0 Å². The molecule has 8 nitrogen and oxygen atoms in total. The van der Waals surface area contributed by atoms with Crippen molar-refractivity contribution in [2.45, 2.75) is 13.1 Å². The van der Waals surface area contributed by atoms with E-state index in [1.54, 1.807) is 14.2 Å². The zero-order valence-corrected chi connectivity index (χ0v) is 17.4. The number of fused-ring (bicyclic) bond motifs is 1. The first-order valence-corrected chi connectivity index (χ1v) is 9.90. The average Bonchev–Trinajstić information content (AvgIpc) is 3.24. The van der Waals surface area contributed by atoms with Crippen molar-refractivity contribution in [3.05, 3.63) is 84.3 Å². The standard InChI is InChI=1S/C23H24N6O2/c1-24-23(26-16-22-28-27-21-9-5-6-14-29(21)22)25-15-17-10-12-18(13-11-17)31-20-8-4-3-7-19(20)30-2/h3-14H,15-16H2,1-2H3,(H2,24,25,26). The summed E-state index contributed by atoms with van der Waals surface area (Å²) in [6.07, 6.45) is 1.94. The summed E-state index contributed by atoms with van der Waals surface area (Å²) in [4.78, 5) is 4.27. The van der Waals surface area contributed by atoms with Crippen LogP contribution in [0.1, 0.15) is 11.4 Å². The summed E-state index contributed by atoms with van der Waals surface area (Å²) >= 11 is 0. The van der Waals surface area contributed by atoms with Crippen molar-refractivity contribution >= 4 is 11.6 Å². The fraction of sp³-hybridized carbons (Fsp3) is 0.174. The Morgan fingerprint density at radius 3 is 2.42 bits per heavy atom. The summed E-state index contributed by atoms with van der Waals surface area (Å²) in [6, 6.07) is 21.3. The largest absolute Gasteiger partial charge is 0.493 e. The maximum atomic E-state index is 5.92. The van der Waals surface area contributed by atoms with Crippen LogP contribution in [0.3, 0.4) is 0 Å². The van der Waals surface area contributed by atoms with Crippen molar-refractivity contribution < 1.29 is 9.47 Å². The van der Waals surface area contributed by atoms with Gasteiger partial charge in [0.05, 0.1) is 13.7 Å². The van der Waals surface area contributed by atoms with E-state index < -0.39 is 0 Å². The normalized spacial score (nSPS) is 11.4. The van der Waals surface area contributed by atoms with Gasteiger partial charge in [0, 0.05) is 19.8 Å². The number of benzene rings is 2. The van der Waals surface area contributed by atoms with Gasteiger partial charge in [-0.15, -0.1) is 10.2 Å². The van der Waals surface area contributed by atoms with E-state index in [1.165, 1.54) is 0 Å². The number of aliphatic imine (C=N–C) groups is 1. The number of rotatable bonds is 7. The van der Waals surface area contributed by atoms with E-state index in [9.17, 15) is 0 Å². The molecule has 2 heterocycles. The second-order valence-corrected chi connectivity index (χ2v) is 6.72. The summed E-state index contributed by atoms with van der Waals surface area (Å²) in [5.41, 5.74) is 1.92. The van der Waals surface area contributed by atoms with Gasteiger partial charge in [0.15, 0.2) is 28.9 Å². The predicted octanol–water partition coefficient (Wildman–Crippen LogP) is 3.40. The molecule has 2 N–H and O–H groups in total. The van der Waals surface area contributed by atoms with Crippen molar-refractivity contribution in [3.63, 3.8) is 0 Å². The van der Waals surface area contributed by atoms with Gasteiger partial charge in [0.1, 0.15) is 5.75 Å². The highest BCUT2D eigenvalue weighted by Gasteiger charge is 2.07. The van der Waals surface area contributed by atoms with E-state index in [1.807, 2.05) is 77.3 Å². The van der Waals surface area contributed by atoms with Gasteiger partial charge in [-0.1, -0.05) is 30.3 Å². The third-order valence-electron chi connectivity index (χ3n) is 4.70. The topological polar surface area (TPSA) is 85.1 Å². The molecule has 0 spiro atoms. The number of aromatic nitrogens is 3. The Balaban J connectivity index is 1.31. The summed E-state index contributed by atoms with van der Waals surface area (Å²) in [5, 5.41) is 15.0. The molecule has 0 saturated carbocycles. The van der Waals surface area contributed by atoms with Gasteiger partial charge in [0.2, 0.25) is 0 Å². The number of hydrogen-bond acceptors (Lipinski definition) is 5. The number of pyridine rings is 1. The van der Waals surface area contributed by atoms with Gasteiger partial charge >= 0.3 is 0 Å². The second kappa shape index (κ2) is 9.62. The minimum atomic E-state index is 0.510. The Labute approximate surface area is 180 Å². The Kier molecular flexibility index (Phi) is 6.27. The lowest BCUT2D eigenvalue weighted by Crippen LogP contribution is -2.36. The molecule has 2 aromatic carbocycles. The molecule has 158 valence electrons. The lowest BCUT2D eigenvalue weighted by Gasteiger charge is -2.12. The fourth-order valence-corrected chi connectivity index (χ4v) is 3.09. The van der Waals surface area contributed by atoms with Crippen LogP contribution in [-0.4, -0.2) is 34.7 Å². The van der Waals surface area contributed by atoms with E-state index in [-0.39, 0.29) is 0 Å². The first kappa shape index (κ1) is 20.2. The van der Waals surface area contributed by atoms with Crippen LogP contribution in [0.25, 0.3) is 5.65 Å². The molecular formula is C23H24N6O2. The lowest BCUT2D eigenvalue weighted by molar-refractivity contribution is 0.379. The second-order valence-electron chi connectivity index (χ2n) is 6.72. The van der Waals surface area contributed by atoms with Gasteiger partial charge in [-0.2, -0.15) is 0 Å². The van der Waals surface area contributed by atoms with Crippen LogP contribution >= 0.6 is 0 Å². The van der Waals surface area contributed by atoms with Crippen LogP contribution in [0.2, 0.25) is 0 Å². The van der Waals surface area contributed by atoms with E-state index in [4.69, 9.17) is 9.47 Å². The molecule has 0 unspecified atom stereocenters. The Morgan fingerprint density at radius 1 is 0.903 bits per heavy atom. The molecule has 0 saturated heterocycles. The molecular weight excluding hydrogens is 392 g/mol. The Hall–Kier alpha value is -4.07. The lowest BCUT2D eigenvalue weighted by atomic mass is 10.2. The summed E-state index contributed by atoms with van der Waals surface area (Å²) in [7, 11) is 3.37. The maximum absolute atomic E-state index is 5.92. The highest BCUT2D eigenvalue weighted by Crippen LogP contribution is 2.30. The number of nitrogens with one attached hydrogen (secondary N) is 2. The molecule has 8 heteroatoms.